The maximum atomic E-state index is 12.1. The molecule has 18 heavy (non-hydrogen) atoms. The molecule has 0 spiro atoms. The van der Waals surface area contributed by atoms with Gasteiger partial charge in [0.1, 0.15) is 5.78 Å². The molecule has 108 valence electrons. The van der Waals surface area contributed by atoms with Crippen molar-refractivity contribution in [2.75, 3.05) is 6.61 Å². The van der Waals surface area contributed by atoms with E-state index in [4.69, 9.17) is 4.74 Å². The first-order valence-corrected chi connectivity index (χ1v) is 7.28. The molecule has 0 saturated heterocycles. The second-order valence-corrected chi connectivity index (χ2v) is 6.95. The molecule has 0 aromatic carbocycles. The Hall–Kier alpha value is -0.370. The van der Waals surface area contributed by atoms with Crippen LogP contribution in [0.25, 0.3) is 0 Å². The van der Waals surface area contributed by atoms with Crippen LogP contribution in [0.3, 0.4) is 0 Å². The Kier molecular flexibility index (Phi) is 7.13. The van der Waals surface area contributed by atoms with E-state index in [9.17, 15) is 4.79 Å². The van der Waals surface area contributed by atoms with Crippen molar-refractivity contribution in [3.63, 3.8) is 0 Å². The maximum Gasteiger partial charge on any atom is 0.138 e. The third-order valence-corrected chi connectivity index (χ3v) is 3.78. The Morgan fingerprint density at radius 3 is 2.17 bits per heavy atom. The van der Waals surface area contributed by atoms with Crippen LogP contribution < -0.4 is 0 Å². The number of hydrogen-bond acceptors (Lipinski definition) is 2. The van der Waals surface area contributed by atoms with Gasteiger partial charge in [0, 0.05) is 18.4 Å². The summed E-state index contributed by atoms with van der Waals surface area (Å²) in [7, 11) is 0. The maximum absolute atomic E-state index is 12.1. The largest absolute Gasteiger partial charge is 0.376 e. The molecule has 0 unspecified atom stereocenters. The standard InChI is InChI=1S/C16H32O2/c1-8-15(4,5)14(17)9-11-16(6,7)18-12-10-13(2)3/h13H,8-12H2,1-7H3. The molecule has 0 aliphatic carbocycles. The molecule has 0 aliphatic rings. The van der Waals surface area contributed by atoms with E-state index in [1.165, 1.54) is 0 Å². The van der Waals surface area contributed by atoms with Crippen molar-refractivity contribution in [3.05, 3.63) is 0 Å². The average molecular weight is 256 g/mol. The molecule has 0 N–H and O–H groups in total. The molecular weight excluding hydrogens is 224 g/mol. The zero-order valence-corrected chi connectivity index (χ0v) is 13.4. The van der Waals surface area contributed by atoms with Gasteiger partial charge in [-0.25, -0.2) is 0 Å². The molecule has 0 aliphatic heterocycles. The Morgan fingerprint density at radius 2 is 1.72 bits per heavy atom. The number of carbonyl (C=O) groups is 1. The predicted octanol–water partition coefficient (Wildman–Crippen LogP) is 4.61. The van der Waals surface area contributed by atoms with Gasteiger partial charge in [0.2, 0.25) is 0 Å². The van der Waals surface area contributed by atoms with Crippen molar-refractivity contribution in [3.8, 4) is 0 Å². The summed E-state index contributed by atoms with van der Waals surface area (Å²) in [6.45, 7) is 15.5. The Bertz CT molecular complexity index is 252. The molecular formula is C16H32O2. The van der Waals surface area contributed by atoms with E-state index >= 15 is 0 Å². The number of hydrogen-bond donors (Lipinski definition) is 0. The van der Waals surface area contributed by atoms with Crippen LogP contribution in [0.4, 0.5) is 0 Å². The predicted molar refractivity (Wildman–Crippen MR) is 77.8 cm³/mol. The van der Waals surface area contributed by atoms with E-state index in [0.717, 1.165) is 25.9 Å². The van der Waals surface area contributed by atoms with Gasteiger partial charge >= 0.3 is 0 Å². The minimum atomic E-state index is -0.186. The van der Waals surface area contributed by atoms with Crippen LogP contribution in [0.2, 0.25) is 0 Å². The summed E-state index contributed by atoms with van der Waals surface area (Å²) in [5, 5.41) is 0. The van der Waals surface area contributed by atoms with Crippen LogP contribution in [-0.2, 0) is 9.53 Å². The molecule has 0 atom stereocenters. The zero-order valence-electron chi connectivity index (χ0n) is 13.4. The number of rotatable bonds is 9. The van der Waals surface area contributed by atoms with Crippen molar-refractivity contribution < 1.29 is 9.53 Å². The first-order chi connectivity index (χ1) is 8.10. The van der Waals surface area contributed by atoms with Crippen molar-refractivity contribution in [1.29, 1.82) is 0 Å². The third-order valence-electron chi connectivity index (χ3n) is 3.78. The molecule has 2 nitrogen and oxygen atoms in total. The minimum absolute atomic E-state index is 0.186. The van der Waals surface area contributed by atoms with Crippen LogP contribution >= 0.6 is 0 Å². The second kappa shape index (κ2) is 7.28. The first kappa shape index (κ1) is 17.6. The summed E-state index contributed by atoms with van der Waals surface area (Å²) in [5.74, 6) is 1.02. The summed E-state index contributed by atoms with van der Waals surface area (Å²) < 4.78 is 5.88. The molecule has 0 fully saturated rings. The van der Waals surface area contributed by atoms with Crippen molar-refractivity contribution >= 4 is 5.78 Å². The molecule has 0 radical (unpaired) electrons. The van der Waals surface area contributed by atoms with Crippen LogP contribution in [0.15, 0.2) is 0 Å². The van der Waals surface area contributed by atoms with Gasteiger partial charge < -0.3 is 4.74 Å². The number of Topliss-reactive ketones (excluding diaryl/α,β-unsaturated/α-hetero) is 1. The summed E-state index contributed by atoms with van der Waals surface area (Å²) in [6.07, 6.45) is 3.42. The Morgan fingerprint density at radius 1 is 1.17 bits per heavy atom. The molecule has 0 aromatic rings. The quantitative estimate of drug-likeness (QED) is 0.602. The van der Waals surface area contributed by atoms with Crippen LogP contribution in [0, 0.1) is 11.3 Å². The van der Waals surface area contributed by atoms with Crippen LogP contribution in [0.5, 0.6) is 0 Å². The molecule has 0 bridgehead atoms. The highest BCUT2D eigenvalue weighted by Crippen LogP contribution is 2.26. The highest BCUT2D eigenvalue weighted by Gasteiger charge is 2.27. The van der Waals surface area contributed by atoms with Gasteiger partial charge in [0.15, 0.2) is 0 Å². The Labute approximate surface area is 113 Å². The van der Waals surface area contributed by atoms with E-state index in [0.29, 0.717) is 18.1 Å². The van der Waals surface area contributed by atoms with Crippen LogP contribution in [0.1, 0.15) is 74.1 Å². The highest BCUT2D eigenvalue weighted by atomic mass is 16.5. The van der Waals surface area contributed by atoms with Gasteiger partial charge in [0.05, 0.1) is 5.60 Å². The summed E-state index contributed by atoms with van der Waals surface area (Å²) in [5.41, 5.74) is -0.373. The van der Waals surface area contributed by atoms with E-state index in [-0.39, 0.29) is 11.0 Å². The molecule has 2 heteroatoms. The molecule has 0 amide bonds. The van der Waals surface area contributed by atoms with Gasteiger partial charge in [-0.05, 0) is 39.0 Å². The fraction of sp³-hybridized carbons (Fsp3) is 0.938. The normalized spacial score (nSPS) is 13.1. The topological polar surface area (TPSA) is 26.3 Å². The lowest BCUT2D eigenvalue weighted by molar-refractivity contribution is -0.129. The van der Waals surface area contributed by atoms with Crippen molar-refractivity contribution in [2.24, 2.45) is 11.3 Å². The van der Waals surface area contributed by atoms with Gasteiger partial charge in [-0.1, -0.05) is 34.6 Å². The van der Waals surface area contributed by atoms with E-state index in [1.54, 1.807) is 0 Å². The first-order valence-electron chi connectivity index (χ1n) is 7.28. The summed E-state index contributed by atoms with van der Waals surface area (Å²) >= 11 is 0. The van der Waals surface area contributed by atoms with Crippen molar-refractivity contribution in [1.82, 2.24) is 0 Å². The van der Waals surface area contributed by atoms with Gasteiger partial charge in [-0.2, -0.15) is 0 Å². The zero-order chi connectivity index (χ0) is 14.4. The lowest BCUT2D eigenvalue weighted by atomic mass is 9.82. The van der Waals surface area contributed by atoms with Gasteiger partial charge in [0.25, 0.3) is 0 Å². The summed E-state index contributed by atoms with van der Waals surface area (Å²) in [6, 6.07) is 0. The molecule has 0 heterocycles. The smallest absolute Gasteiger partial charge is 0.138 e. The minimum Gasteiger partial charge on any atom is -0.376 e. The number of carbonyl (C=O) groups excluding carboxylic acids is 1. The monoisotopic (exact) mass is 256 g/mol. The fourth-order valence-corrected chi connectivity index (χ4v) is 1.59. The van der Waals surface area contributed by atoms with Crippen molar-refractivity contribution in [2.45, 2.75) is 79.8 Å². The second-order valence-electron chi connectivity index (χ2n) is 6.95. The molecule has 0 rings (SSSR count). The number of ketones is 1. The third kappa shape index (κ3) is 7.15. The lowest BCUT2D eigenvalue weighted by Crippen LogP contribution is -2.30. The lowest BCUT2D eigenvalue weighted by Gasteiger charge is -2.28. The van der Waals surface area contributed by atoms with E-state index < -0.39 is 0 Å². The SMILES string of the molecule is CCC(C)(C)C(=O)CCC(C)(C)OCCC(C)C. The van der Waals surface area contributed by atoms with Gasteiger partial charge in [-0.15, -0.1) is 0 Å². The van der Waals surface area contributed by atoms with Gasteiger partial charge in [-0.3, -0.25) is 4.79 Å². The number of ether oxygens (including phenoxy) is 1. The Balaban J connectivity index is 4.07. The molecule has 0 aromatic heterocycles. The molecule has 0 saturated carbocycles. The average Bonchev–Trinajstić information content (AvgIpc) is 2.25. The summed E-state index contributed by atoms with van der Waals surface area (Å²) in [4.78, 5) is 12.1. The fourth-order valence-electron chi connectivity index (χ4n) is 1.59. The van der Waals surface area contributed by atoms with Crippen LogP contribution in [-0.4, -0.2) is 18.0 Å². The van der Waals surface area contributed by atoms with E-state index in [1.807, 2.05) is 13.8 Å². The highest BCUT2D eigenvalue weighted by molar-refractivity contribution is 5.83. The van der Waals surface area contributed by atoms with E-state index in [2.05, 4.69) is 34.6 Å².